The van der Waals surface area contributed by atoms with Crippen molar-refractivity contribution in [2.75, 3.05) is 5.32 Å². The van der Waals surface area contributed by atoms with Gasteiger partial charge in [0, 0.05) is 31.7 Å². The lowest BCUT2D eigenvalue weighted by molar-refractivity contribution is 0.102. The fraction of sp³-hybridized carbons (Fsp3) is 0. The molecule has 0 atom stereocenters. The van der Waals surface area contributed by atoms with Crippen molar-refractivity contribution in [1.82, 2.24) is 4.98 Å². The van der Waals surface area contributed by atoms with E-state index in [9.17, 15) is 4.79 Å². The number of carbonyl (C=O) groups excluding carboxylic acids is 1. The van der Waals surface area contributed by atoms with Gasteiger partial charge in [-0.25, -0.2) is 4.98 Å². The van der Waals surface area contributed by atoms with Gasteiger partial charge in [0.2, 0.25) is 0 Å². The molecular formula is C16H9Cl3N2OS. The molecule has 1 aromatic heterocycles. The summed E-state index contributed by atoms with van der Waals surface area (Å²) in [7, 11) is 0. The minimum atomic E-state index is -0.318. The van der Waals surface area contributed by atoms with Gasteiger partial charge in [-0.1, -0.05) is 46.9 Å². The van der Waals surface area contributed by atoms with Crippen molar-refractivity contribution < 1.29 is 4.79 Å². The van der Waals surface area contributed by atoms with Crippen molar-refractivity contribution in [3.63, 3.8) is 0 Å². The van der Waals surface area contributed by atoms with E-state index < -0.39 is 0 Å². The Morgan fingerprint density at radius 1 is 1.00 bits per heavy atom. The van der Waals surface area contributed by atoms with Crippen molar-refractivity contribution >= 4 is 57.7 Å². The molecule has 0 aliphatic rings. The second-order valence-electron chi connectivity index (χ2n) is 4.66. The van der Waals surface area contributed by atoms with E-state index in [1.165, 1.54) is 11.3 Å². The number of thiazole rings is 1. The van der Waals surface area contributed by atoms with Crippen LogP contribution in [0.25, 0.3) is 11.3 Å². The number of hydrogen-bond donors (Lipinski definition) is 1. The van der Waals surface area contributed by atoms with Gasteiger partial charge in [-0.3, -0.25) is 4.79 Å². The Hall–Kier alpha value is -1.59. The Morgan fingerprint density at radius 2 is 1.74 bits per heavy atom. The molecular weight excluding hydrogens is 375 g/mol. The van der Waals surface area contributed by atoms with Crippen LogP contribution in [0.4, 0.5) is 5.69 Å². The molecule has 0 saturated carbocycles. The van der Waals surface area contributed by atoms with Gasteiger partial charge in [-0.05, 0) is 30.3 Å². The van der Waals surface area contributed by atoms with Crippen molar-refractivity contribution in [1.29, 1.82) is 0 Å². The van der Waals surface area contributed by atoms with Gasteiger partial charge in [-0.15, -0.1) is 11.3 Å². The predicted molar refractivity (Wildman–Crippen MR) is 97.0 cm³/mol. The van der Waals surface area contributed by atoms with Crippen molar-refractivity contribution in [2.45, 2.75) is 0 Å². The standard InChI is InChI=1S/C16H9Cl3N2OS/c17-10-3-1-2-9(4-10)14-8-23-16(21-14)15(22)20-13-6-11(18)5-12(19)7-13/h1-8H,(H,20,22). The maximum absolute atomic E-state index is 12.3. The van der Waals surface area contributed by atoms with Gasteiger partial charge in [-0.2, -0.15) is 0 Å². The molecule has 0 saturated heterocycles. The third-order valence-electron chi connectivity index (χ3n) is 2.94. The van der Waals surface area contributed by atoms with Gasteiger partial charge in [0.25, 0.3) is 5.91 Å². The molecule has 0 bridgehead atoms. The molecule has 3 aromatic rings. The first-order valence-corrected chi connectivity index (χ1v) is 8.51. The van der Waals surface area contributed by atoms with E-state index in [0.717, 1.165) is 5.56 Å². The van der Waals surface area contributed by atoms with Crippen LogP contribution in [0.3, 0.4) is 0 Å². The highest BCUT2D eigenvalue weighted by atomic mass is 35.5. The summed E-state index contributed by atoms with van der Waals surface area (Å²) < 4.78 is 0. The molecule has 1 heterocycles. The molecule has 0 radical (unpaired) electrons. The first-order chi connectivity index (χ1) is 11.0. The van der Waals surface area contributed by atoms with Gasteiger partial charge in [0.1, 0.15) is 0 Å². The summed E-state index contributed by atoms with van der Waals surface area (Å²) in [6.07, 6.45) is 0. The average Bonchev–Trinajstić information content (AvgIpc) is 2.96. The summed E-state index contributed by atoms with van der Waals surface area (Å²) in [5, 5.41) is 6.41. The summed E-state index contributed by atoms with van der Waals surface area (Å²) in [6, 6.07) is 12.2. The highest BCUT2D eigenvalue weighted by molar-refractivity contribution is 7.12. The zero-order chi connectivity index (χ0) is 16.4. The Bertz CT molecular complexity index is 859. The molecule has 0 aliphatic carbocycles. The number of rotatable bonds is 3. The highest BCUT2D eigenvalue weighted by Gasteiger charge is 2.13. The zero-order valence-corrected chi connectivity index (χ0v) is 14.6. The average molecular weight is 384 g/mol. The summed E-state index contributed by atoms with van der Waals surface area (Å²) in [5.41, 5.74) is 2.08. The third-order valence-corrected chi connectivity index (χ3v) is 4.45. The maximum atomic E-state index is 12.3. The zero-order valence-electron chi connectivity index (χ0n) is 11.5. The second kappa shape index (κ2) is 6.89. The smallest absolute Gasteiger partial charge is 0.284 e. The van der Waals surface area contributed by atoms with E-state index in [1.807, 2.05) is 17.5 Å². The van der Waals surface area contributed by atoms with Crippen LogP contribution in [0.2, 0.25) is 15.1 Å². The van der Waals surface area contributed by atoms with Crippen LogP contribution in [0, 0.1) is 0 Å². The van der Waals surface area contributed by atoms with E-state index in [1.54, 1.807) is 30.3 Å². The summed E-state index contributed by atoms with van der Waals surface area (Å²) >= 11 is 19.1. The van der Waals surface area contributed by atoms with Crippen LogP contribution in [-0.4, -0.2) is 10.9 Å². The molecule has 1 N–H and O–H groups in total. The first-order valence-electron chi connectivity index (χ1n) is 6.50. The fourth-order valence-electron chi connectivity index (χ4n) is 1.97. The highest BCUT2D eigenvalue weighted by Crippen LogP contribution is 2.26. The molecule has 0 spiro atoms. The van der Waals surface area contributed by atoms with Crippen LogP contribution in [0.15, 0.2) is 47.8 Å². The number of benzene rings is 2. The van der Waals surface area contributed by atoms with Crippen LogP contribution in [0.5, 0.6) is 0 Å². The lowest BCUT2D eigenvalue weighted by atomic mass is 10.2. The molecule has 3 nitrogen and oxygen atoms in total. The lowest BCUT2D eigenvalue weighted by Gasteiger charge is -2.04. The largest absolute Gasteiger partial charge is 0.320 e. The molecule has 23 heavy (non-hydrogen) atoms. The number of nitrogens with one attached hydrogen (secondary N) is 1. The molecule has 1 amide bonds. The van der Waals surface area contributed by atoms with Gasteiger partial charge in [0.05, 0.1) is 5.69 Å². The monoisotopic (exact) mass is 382 g/mol. The normalized spacial score (nSPS) is 10.6. The molecule has 2 aromatic carbocycles. The van der Waals surface area contributed by atoms with E-state index >= 15 is 0 Å². The Balaban J connectivity index is 1.81. The van der Waals surface area contributed by atoms with Crippen molar-refractivity contribution in [3.8, 4) is 11.3 Å². The van der Waals surface area contributed by atoms with E-state index in [2.05, 4.69) is 10.3 Å². The predicted octanol–water partition coefficient (Wildman–Crippen LogP) is 6.02. The number of carbonyl (C=O) groups is 1. The van der Waals surface area contributed by atoms with Gasteiger partial charge >= 0.3 is 0 Å². The molecule has 0 aliphatic heterocycles. The van der Waals surface area contributed by atoms with E-state index in [4.69, 9.17) is 34.8 Å². The minimum Gasteiger partial charge on any atom is -0.320 e. The molecule has 0 fully saturated rings. The molecule has 3 rings (SSSR count). The van der Waals surface area contributed by atoms with Crippen molar-refractivity contribution in [3.05, 3.63) is 67.9 Å². The Morgan fingerprint density at radius 3 is 2.43 bits per heavy atom. The number of hydrogen-bond acceptors (Lipinski definition) is 3. The van der Waals surface area contributed by atoms with Gasteiger partial charge < -0.3 is 5.32 Å². The first kappa shape index (κ1) is 16.3. The van der Waals surface area contributed by atoms with Crippen LogP contribution < -0.4 is 5.32 Å². The molecule has 0 unspecified atom stereocenters. The topological polar surface area (TPSA) is 42.0 Å². The van der Waals surface area contributed by atoms with E-state index in [0.29, 0.717) is 31.5 Å². The quantitative estimate of drug-likeness (QED) is 0.600. The van der Waals surface area contributed by atoms with Crippen LogP contribution in [-0.2, 0) is 0 Å². The molecule has 116 valence electrons. The van der Waals surface area contributed by atoms with E-state index in [-0.39, 0.29) is 5.91 Å². The number of anilines is 1. The number of nitrogens with zero attached hydrogens (tertiary/aromatic N) is 1. The number of halogens is 3. The maximum Gasteiger partial charge on any atom is 0.284 e. The number of aromatic nitrogens is 1. The Labute approximate surface area is 151 Å². The SMILES string of the molecule is O=C(Nc1cc(Cl)cc(Cl)c1)c1nc(-c2cccc(Cl)c2)cs1. The lowest BCUT2D eigenvalue weighted by Crippen LogP contribution is -2.11. The van der Waals surface area contributed by atoms with Crippen molar-refractivity contribution in [2.24, 2.45) is 0 Å². The van der Waals surface area contributed by atoms with Crippen LogP contribution in [0.1, 0.15) is 9.80 Å². The number of amides is 1. The minimum absolute atomic E-state index is 0.318. The second-order valence-corrected chi connectivity index (χ2v) is 6.83. The Kier molecular flexibility index (Phi) is 4.87. The summed E-state index contributed by atoms with van der Waals surface area (Å²) in [5.74, 6) is -0.318. The third kappa shape index (κ3) is 4.03. The summed E-state index contributed by atoms with van der Waals surface area (Å²) in [6.45, 7) is 0. The summed E-state index contributed by atoms with van der Waals surface area (Å²) in [4.78, 5) is 16.6. The van der Waals surface area contributed by atoms with Crippen LogP contribution >= 0.6 is 46.1 Å². The van der Waals surface area contributed by atoms with Gasteiger partial charge in [0.15, 0.2) is 5.01 Å². The fourth-order valence-corrected chi connectivity index (χ4v) is 3.41. The molecule has 7 heteroatoms.